The molecule has 0 spiro atoms. The zero-order chi connectivity index (χ0) is 12.4. The predicted molar refractivity (Wildman–Crippen MR) is 61.1 cm³/mol. The van der Waals surface area contributed by atoms with Crippen molar-refractivity contribution >= 4 is 5.97 Å². The number of aromatic nitrogens is 2. The maximum absolute atomic E-state index is 11.4. The van der Waals surface area contributed by atoms with Gasteiger partial charge in [0.1, 0.15) is 0 Å². The highest BCUT2D eigenvalue weighted by Crippen LogP contribution is 2.15. The standard InChI is InChI=1S/C11H15N3O3/c1-14-4-2-7-8(3-5-14)12-11(17)13-9(7)6-10(15)16/h2-6H2,1H3,(H,15,16)(H,12,13,17). The van der Waals surface area contributed by atoms with Crippen molar-refractivity contribution < 1.29 is 9.90 Å². The topological polar surface area (TPSA) is 86.3 Å². The Bertz CT molecular complexity index is 495. The molecule has 1 aliphatic heterocycles. The van der Waals surface area contributed by atoms with Gasteiger partial charge in [-0.3, -0.25) is 4.79 Å². The van der Waals surface area contributed by atoms with Crippen LogP contribution in [-0.2, 0) is 24.1 Å². The quantitative estimate of drug-likeness (QED) is 0.719. The Morgan fingerprint density at radius 2 is 2.18 bits per heavy atom. The molecule has 6 heteroatoms. The van der Waals surface area contributed by atoms with Crippen molar-refractivity contribution in [1.82, 2.24) is 14.9 Å². The fraction of sp³-hybridized carbons (Fsp3) is 0.545. The van der Waals surface area contributed by atoms with Gasteiger partial charge in [-0.05, 0) is 19.0 Å². The van der Waals surface area contributed by atoms with Crippen molar-refractivity contribution in [2.24, 2.45) is 0 Å². The van der Waals surface area contributed by atoms with Crippen LogP contribution in [-0.4, -0.2) is 46.1 Å². The Morgan fingerprint density at radius 3 is 2.88 bits per heavy atom. The van der Waals surface area contributed by atoms with Crippen LogP contribution in [0.1, 0.15) is 17.0 Å². The van der Waals surface area contributed by atoms with E-state index in [1.165, 1.54) is 0 Å². The van der Waals surface area contributed by atoms with Gasteiger partial charge < -0.3 is 15.0 Å². The fourth-order valence-corrected chi connectivity index (χ4v) is 2.11. The van der Waals surface area contributed by atoms with E-state index in [-0.39, 0.29) is 6.42 Å². The summed E-state index contributed by atoms with van der Waals surface area (Å²) < 4.78 is 0. The Labute approximate surface area is 98.3 Å². The summed E-state index contributed by atoms with van der Waals surface area (Å²) in [5.41, 5.74) is 1.69. The zero-order valence-electron chi connectivity index (χ0n) is 9.69. The van der Waals surface area contributed by atoms with Crippen LogP contribution >= 0.6 is 0 Å². The van der Waals surface area contributed by atoms with Crippen LogP contribution in [0, 0.1) is 0 Å². The maximum atomic E-state index is 11.4. The highest BCUT2D eigenvalue weighted by Gasteiger charge is 2.18. The van der Waals surface area contributed by atoms with Crippen molar-refractivity contribution in [1.29, 1.82) is 0 Å². The number of rotatable bonds is 2. The van der Waals surface area contributed by atoms with Gasteiger partial charge in [0.05, 0.1) is 12.1 Å². The monoisotopic (exact) mass is 237 g/mol. The normalized spacial score (nSPS) is 16.3. The van der Waals surface area contributed by atoms with Gasteiger partial charge in [-0.1, -0.05) is 0 Å². The SMILES string of the molecule is CN1CCc2[nH]c(=O)nc(CC(=O)O)c2CC1. The van der Waals surface area contributed by atoms with Crippen LogP contribution < -0.4 is 5.69 Å². The second kappa shape index (κ2) is 4.67. The number of H-pyrrole nitrogens is 1. The van der Waals surface area contributed by atoms with Gasteiger partial charge in [-0.2, -0.15) is 4.98 Å². The van der Waals surface area contributed by atoms with Crippen LogP contribution in [0.15, 0.2) is 4.79 Å². The maximum Gasteiger partial charge on any atom is 0.345 e. The number of carbonyl (C=O) groups is 1. The van der Waals surface area contributed by atoms with E-state index in [2.05, 4.69) is 14.9 Å². The molecule has 0 amide bonds. The average molecular weight is 237 g/mol. The molecule has 0 saturated heterocycles. The molecule has 0 unspecified atom stereocenters. The van der Waals surface area contributed by atoms with Crippen molar-refractivity contribution in [3.63, 3.8) is 0 Å². The van der Waals surface area contributed by atoms with Crippen molar-refractivity contribution in [2.75, 3.05) is 20.1 Å². The molecule has 0 radical (unpaired) electrons. The average Bonchev–Trinajstić information content (AvgIpc) is 2.40. The minimum absolute atomic E-state index is 0.185. The molecule has 1 aromatic heterocycles. The van der Waals surface area contributed by atoms with Gasteiger partial charge in [-0.15, -0.1) is 0 Å². The molecule has 2 heterocycles. The number of aromatic amines is 1. The fourth-order valence-electron chi connectivity index (χ4n) is 2.11. The lowest BCUT2D eigenvalue weighted by atomic mass is 10.0. The summed E-state index contributed by atoms with van der Waals surface area (Å²) in [7, 11) is 2.01. The lowest BCUT2D eigenvalue weighted by molar-refractivity contribution is -0.136. The Morgan fingerprint density at radius 1 is 1.47 bits per heavy atom. The van der Waals surface area contributed by atoms with Gasteiger partial charge in [0, 0.05) is 25.2 Å². The number of aliphatic carboxylic acids is 1. The molecule has 0 bridgehead atoms. The number of carboxylic acid groups (broad SMARTS) is 1. The van der Waals surface area contributed by atoms with Gasteiger partial charge in [-0.25, -0.2) is 4.79 Å². The summed E-state index contributed by atoms with van der Waals surface area (Å²) >= 11 is 0. The largest absolute Gasteiger partial charge is 0.481 e. The van der Waals surface area contributed by atoms with Crippen LogP contribution in [0.3, 0.4) is 0 Å². The first-order valence-corrected chi connectivity index (χ1v) is 5.57. The van der Waals surface area contributed by atoms with Gasteiger partial charge in [0.2, 0.25) is 0 Å². The van der Waals surface area contributed by atoms with Crippen LogP contribution in [0.25, 0.3) is 0 Å². The number of nitrogens with one attached hydrogen (secondary N) is 1. The van der Waals surface area contributed by atoms with E-state index in [4.69, 9.17) is 5.11 Å². The van der Waals surface area contributed by atoms with E-state index in [0.717, 1.165) is 37.2 Å². The molecule has 0 fully saturated rings. The minimum Gasteiger partial charge on any atom is -0.481 e. The van der Waals surface area contributed by atoms with Crippen molar-refractivity contribution in [2.45, 2.75) is 19.3 Å². The summed E-state index contributed by atoms with van der Waals surface area (Å²) in [6.07, 6.45) is 1.28. The van der Waals surface area contributed by atoms with E-state index in [1.807, 2.05) is 7.05 Å². The first-order chi connectivity index (χ1) is 8.06. The van der Waals surface area contributed by atoms with Gasteiger partial charge in [0.25, 0.3) is 0 Å². The van der Waals surface area contributed by atoms with Crippen LogP contribution in [0.5, 0.6) is 0 Å². The molecule has 2 rings (SSSR count). The predicted octanol–water partition coefficient (Wildman–Crippen LogP) is -0.573. The molecule has 1 aromatic rings. The third-order valence-electron chi connectivity index (χ3n) is 3.01. The molecule has 2 N–H and O–H groups in total. The number of hydrogen-bond acceptors (Lipinski definition) is 4. The van der Waals surface area contributed by atoms with Gasteiger partial charge >= 0.3 is 11.7 Å². The third kappa shape index (κ3) is 2.71. The van der Waals surface area contributed by atoms with E-state index >= 15 is 0 Å². The summed E-state index contributed by atoms with van der Waals surface area (Å²) in [5, 5.41) is 8.82. The zero-order valence-corrected chi connectivity index (χ0v) is 9.69. The molecule has 92 valence electrons. The minimum atomic E-state index is -0.956. The molecule has 0 atom stereocenters. The lowest BCUT2D eigenvalue weighted by Gasteiger charge is -2.11. The lowest BCUT2D eigenvalue weighted by Crippen LogP contribution is -2.21. The molecular weight excluding hydrogens is 222 g/mol. The Hall–Kier alpha value is -1.69. The molecule has 17 heavy (non-hydrogen) atoms. The molecule has 0 aliphatic carbocycles. The van der Waals surface area contributed by atoms with Crippen LogP contribution in [0.2, 0.25) is 0 Å². The number of hydrogen-bond donors (Lipinski definition) is 2. The van der Waals surface area contributed by atoms with Gasteiger partial charge in [0.15, 0.2) is 0 Å². The first-order valence-electron chi connectivity index (χ1n) is 5.57. The molecule has 0 saturated carbocycles. The van der Waals surface area contributed by atoms with E-state index in [0.29, 0.717) is 5.69 Å². The second-order valence-electron chi connectivity index (χ2n) is 4.32. The highest BCUT2D eigenvalue weighted by molar-refractivity contribution is 5.70. The smallest absolute Gasteiger partial charge is 0.345 e. The van der Waals surface area contributed by atoms with Crippen LogP contribution in [0.4, 0.5) is 0 Å². The number of nitrogens with zero attached hydrogens (tertiary/aromatic N) is 2. The summed E-state index contributed by atoms with van der Waals surface area (Å²) in [5.74, 6) is -0.956. The first kappa shape index (κ1) is 11.8. The number of carboxylic acids is 1. The van der Waals surface area contributed by atoms with E-state index in [1.54, 1.807) is 0 Å². The molecule has 6 nitrogen and oxygen atoms in total. The van der Waals surface area contributed by atoms with E-state index in [9.17, 15) is 9.59 Å². The summed E-state index contributed by atoms with van der Waals surface area (Å²) in [4.78, 5) is 30.8. The highest BCUT2D eigenvalue weighted by atomic mass is 16.4. The summed E-state index contributed by atoms with van der Waals surface area (Å²) in [6.45, 7) is 1.72. The van der Waals surface area contributed by atoms with Crippen molar-refractivity contribution in [3.05, 3.63) is 27.4 Å². The van der Waals surface area contributed by atoms with Crippen molar-refractivity contribution in [3.8, 4) is 0 Å². The molecule has 1 aliphatic rings. The molecular formula is C11H15N3O3. The third-order valence-corrected chi connectivity index (χ3v) is 3.01. The Balaban J connectivity index is 2.43. The number of fused-ring (bicyclic) bond motifs is 1. The van der Waals surface area contributed by atoms with E-state index < -0.39 is 11.7 Å². The summed E-state index contributed by atoms with van der Waals surface area (Å²) in [6, 6.07) is 0. The second-order valence-corrected chi connectivity index (χ2v) is 4.32. The molecule has 0 aromatic carbocycles. The number of likely N-dealkylation sites (N-methyl/N-ethyl adjacent to an activating group) is 1. The Kier molecular flexibility index (Phi) is 3.23.